The lowest BCUT2D eigenvalue weighted by atomic mass is 10.3. The second-order valence-electron chi connectivity index (χ2n) is 7.01. The Morgan fingerprint density at radius 1 is 0.893 bits per heavy atom. The third-order valence-corrected chi connectivity index (χ3v) is 4.89. The molecular formula is C19H25N5O4. The fraction of sp³-hybridized carbons (Fsp3) is 0.526. The fourth-order valence-electron chi connectivity index (χ4n) is 3.52. The van der Waals surface area contributed by atoms with Gasteiger partial charge in [0.05, 0.1) is 24.5 Å². The van der Waals surface area contributed by atoms with Crippen molar-refractivity contribution >= 4 is 23.6 Å². The topological polar surface area (TPSA) is 94.1 Å². The quantitative estimate of drug-likeness (QED) is 0.721. The zero-order valence-electron chi connectivity index (χ0n) is 16.3. The second-order valence-corrected chi connectivity index (χ2v) is 7.01. The van der Waals surface area contributed by atoms with Crippen molar-refractivity contribution in [2.75, 3.05) is 13.1 Å². The first-order chi connectivity index (χ1) is 13.4. The summed E-state index contributed by atoms with van der Waals surface area (Å²) in [6.07, 6.45) is 2.34. The van der Waals surface area contributed by atoms with Crippen LogP contribution in [0.25, 0.3) is 0 Å². The number of hydrogen-bond donors (Lipinski definition) is 0. The fourth-order valence-corrected chi connectivity index (χ4v) is 3.52. The van der Waals surface area contributed by atoms with Gasteiger partial charge in [-0.05, 0) is 25.0 Å². The van der Waals surface area contributed by atoms with Crippen LogP contribution in [-0.4, -0.2) is 61.7 Å². The zero-order chi connectivity index (χ0) is 20.3. The van der Waals surface area contributed by atoms with Crippen molar-refractivity contribution in [1.29, 1.82) is 0 Å². The van der Waals surface area contributed by atoms with Gasteiger partial charge in [-0.1, -0.05) is 6.07 Å². The lowest BCUT2D eigenvalue weighted by Crippen LogP contribution is -2.46. The number of carbonyl (C=O) groups is 4. The molecule has 0 aromatic carbocycles. The van der Waals surface area contributed by atoms with Crippen LogP contribution < -0.4 is 0 Å². The molecule has 0 aliphatic carbocycles. The lowest BCUT2D eigenvalue weighted by molar-refractivity contribution is -0.160. The third-order valence-electron chi connectivity index (χ3n) is 4.89. The average molecular weight is 387 g/mol. The van der Waals surface area contributed by atoms with Gasteiger partial charge in [0.2, 0.25) is 23.6 Å². The van der Waals surface area contributed by atoms with Gasteiger partial charge in [-0.25, -0.2) is 10.0 Å². The molecule has 28 heavy (non-hydrogen) atoms. The molecular weight excluding hydrogens is 362 g/mol. The molecule has 9 heteroatoms. The van der Waals surface area contributed by atoms with E-state index in [2.05, 4.69) is 4.98 Å². The SMILES string of the molecule is CC(=O)N(Cc1cccc(CN(C(C)=O)N2CCCC2=O)n1)N1CCCC1=O. The Kier molecular flexibility index (Phi) is 5.91. The summed E-state index contributed by atoms with van der Waals surface area (Å²) in [5, 5.41) is 5.77. The molecule has 2 aliphatic rings. The Morgan fingerprint density at radius 2 is 1.32 bits per heavy atom. The summed E-state index contributed by atoms with van der Waals surface area (Å²) in [6, 6.07) is 5.35. The van der Waals surface area contributed by atoms with Crippen LogP contribution >= 0.6 is 0 Å². The number of hydrazine groups is 2. The van der Waals surface area contributed by atoms with E-state index < -0.39 is 0 Å². The molecule has 4 amide bonds. The summed E-state index contributed by atoms with van der Waals surface area (Å²) in [4.78, 5) is 52.7. The number of nitrogens with zero attached hydrogens (tertiary/aromatic N) is 5. The summed E-state index contributed by atoms with van der Waals surface area (Å²) < 4.78 is 0. The van der Waals surface area contributed by atoms with E-state index in [1.807, 2.05) is 0 Å². The number of carbonyl (C=O) groups excluding carboxylic acids is 4. The first kappa shape index (κ1) is 19.8. The summed E-state index contributed by atoms with van der Waals surface area (Å²) in [6.45, 7) is 4.24. The molecule has 3 heterocycles. The van der Waals surface area contributed by atoms with Crippen LogP contribution in [0.2, 0.25) is 0 Å². The average Bonchev–Trinajstić information content (AvgIpc) is 3.26. The molecule has 3 rings (SSSR count). The van der Waals surface area contributed by atoms with Gasteiger partial charge in [0, 0.05) is 39.8 Å². The molecule has 0 saturated carbocycles. The van der Waals surface area contributed by atoms with Crippen molar-refractivity contribution in [3.05, 3.63) is 29.6 Å². The highest BCUT2D eigenvalue weighted by atomic mass is 16.2. The van der Waals surface area contributed by atoms with E-state index in [9.17, 15) is 19.2 Å². The van der Waals surface area contributed by atoms with Crippen LogP contribution in [0.15, 0.2) is 18.2 Å². The number of hydrogen-bond acceptors (Lipinski definition) is 5. The standard InChI is InChI=1S/C19H25N5O4/c1-14(25)23(21-10-4-8-18(21)27)12-16-6-3-7-17(20-16)13-24(15(2)26)22-11-5-9-19(22)28/h3,6-7H,4-5,8-13H2,1-2H3. The minimum atomic E-state index is -0.226. The third kappa shape index (κ3) is 4.29. The van der Waals surface area contributed by atoms with E-state index in [0.29, 0.717) is 37.3 Å². The molecule has 1 aromatic rings. The normalized spacial score (nSPS) is 16.6. The zero-order valence-corrected chi connectivity index (χ0v) is 16.3. The highest BCUT2D eigenvalue weighted by Gasteiger charge is 2.30. The van der Waals surface area contributed by atoms with E-state index >= 15 is 0 Å². The Balaban J connectivity index is 1.75. The van der Waals surface area contributed by atoms with E-state index in [0.717, 1.165) is 12.8 Å². The van der Waals surface area contributed by atoms with Crippen molar-refractivity contribution < 1.29 is 19.2 Å². The van der Waals surface area contributed by atoms with Gasteiger partial charge in [-0.15, -0.1) is 0 Å². The Bertz CT molecular complexity index is 735. The van der Waals surface area contributed by atoms with Crippen LogP contribution in [0.3, 0.4) is 0 Å². The number of amides is 4. The van der Waals surface area contributed by atoms with Gasteiger partial charge in [-0.2, -0.15) is 0 Å². The Labute approximate surface area is 163 Å². The van der Waals surface area contributed by atoms with Gasteiger partial charge in [-0.3, -0.25) is 34.2 Å². The van der Waals surface area contributed by atoms with Crippen LogP contribution in [0.1, 0.15) is 50.9 Å². The predicted molar refractivity (Wildman–Crippen MR) is 98.6 cm³/mol. The summed E-state index contributed by atoms with van der Waals surface area (Å²) in [5.41, 5.74) is 1.23. The van der Waals surface area contributed by atoms with Crippen LogP contribution in [-0.2, 0) is 32.3 Å². The van der Waals surface area contributed by atoms with Crippen LogP contribution in [0.4, 0.5) is 0 Å². The summed E-state index contributed by atoms with van der Waals surface area (Å²) >= 11 is 0. The number of aromatic nitrogens is 1. The molecule has 0 atom stereocenters. The van der Waals surface area contributed by atoms with Crippen molar-refractivity contribution in [2.24, 2.45) is 0 Å². The summed E-state index contributed by atoms with van der Waals surface area (Å²) in [7, 11) is 0. The van der Waals surface area contributed by atoms with Crippen molar-refractivity contribution in [3.8, 4) is 0 Å². The second kappa shape index (κ2) is 8.37. The smallest absolute Gasteiger partial charge is 0.241 e. The van der Waals surface area contributed by atoms with Gasteiger partial charge in [0.25, 0.3) is 0 Å². The van der Waals surface area contributed by atoms with Crippen LogP contribution in [0.5, 0.6) is 0 Å². The molecule has 2 aliphatic heterocycles. The Hall–Kier alpha value is -2.97. The maximum atomic E-state index is 12.1. The molecule has 1 aromatic heterocycles. The maximum absolute atomic E-state index is 12.1. The summed E-state index contributed by atoms with van der Waals surface area (Å²) in [5.74, 6) is -0.589. The van der Waals surface area contributed by atoms with Crippen molar-refractivity contribution in [2.45, 2.75) is 52.6 Å². The monoisotopic (exact) mass is 387 g/mol. The molecule has 2 fully saturated rings. The number of rotatable bonds is 6. The molecule has 150 valence electrons. The molecule has 0 bridgehead atoms. The van der Waals surface area contributed by atoms with Crippen molar-refractivity contribution in [3.63, 3.8) is 0 Å². The van der Waals surface area contributed by atoms with E-state index in [1.54, 1.807) is 18.2 Å². The highest BCUT2D eigenvalue weighted by molar-refractivity contribution is 5.83. The molecule has 2 saturated heterocycles. The maximum Gasteiger partial charge on any atom is 0.241 e. The van der Waals surface area contributed by atoms with Crippen molar-refractivity contribution in [1.82, 2.24) is 25.0 Å². The molecule has 0 spiro atoms. The number of pyridine rings is 1. The minimum absolute atomic E-state index is 0.0679. The van der Waals surface area contributed by atoms with E-state index in [1.165, 1.54) is 33.9 Å². The first-order valence-electron chi connectivity index (χ1n) is 9.48. The van der Waals surface area contributed by atoms with Gasteiger partial charge < -0.3 is 0 Å². The lowest BCUT2D eigenvalue weighted by Gasteiger charge is -2.31. The molecule has 9 nitrogen and oxygen atoms in total. The molecule has 0 unspecified atom stereocenters. The minimum Gasteiger partial charge on any atom is -0.273 e. The molecule has 0 radical (unpaired) electrons. The highest BCUT2D eigenvalue weighted by Crippen LogP contribution is 2.18. The van der Waals surface area contributed by atoms with Gasteiger partial charge in [0.15, 0.2) is 0 Å². The van der Waals surface area contributed by atoms with Gasteiger partial charge in [0.1, 0.15) is 0 Å². The largest absolute Gasteiger partial charge is 0.273 e. The first-order valence-corrected chi connectivity index (χ1v) is 9.48. The van der Waals surface area contributed by atoms with Gasteiger partial charge >= 0.3 is 0 Å². The van der Waals surface area contributed by atoms with E-state index in [-0.39, 0.29) is 36.7 Å². The predicted octanol–water partition coefficient (Wildman–Crippen LogP) is 0.853. The molecule has 0 N–H and O–H groups in total. The Morgan fingerprint density at radius 3 is 1.64 bits per heavy atom. The van der Waals surface area contributed by atoms with Crippen LogP contribution in [0, 0.1) is 0 Å². The van der Waals surface area contributed by atoms with E-state index in [4.69, 9.17) is 0 Å².